The first-order valence-electron chi connectivity index (χ1n) is 10.1. The summed E-state index contributed by atoms with van der Waals surface area (Å²) in [4.78, 5) is 24.4. The number of nitrogens with one attached hydrogen (secondary N) is 1. The molecule has 0 aliphatic carbocycles. The number of carbonyl (C=O) groups excluding carboxylic acids is 1. The van der Waals surface area contributed by atoms with Gasteiger partial charge in [0.1, 0.15) is 0 Å². The predicted octanol–water partition coefficient (Wildman–Crippen LogP) is 1.92. The van der Waals surface area contributed by atoms with Gasteiger partial charge in [0.25, 0.3) is 0 Å². The van der Waals surface area contributed by atoms with Gasteiger partial charge < -0.3 is 15.2 Å². The number of benzene rings is 1. The molecule has 2 N–H and O–H groups in total. The largest absolute Gasteiger partial charge is 0.481 e. The molecule has 0 spiro atoms. The van der Waals surface area contributed by atoms with E-state index in [-0.39, 0.29) is 11.0 Å². The molecule has 3 saturated heterocycles. The average molecular weight is 423 g/mol. The van der Waals surface area contributed by atoms with Crippen molar-refractivity contribution in [2.24, 2.45) is 17.8 Å². The van der Waals surface area contributed by atoms with E-state index in [9.17, 15) is 23.1 Å². The van der Waals surface area contributed by atoms with Crippen molar-refractivity contribution in [1.82, 2.24) is 4.31 Å². The lowest BCUT2D eigenvalue weighted by Crippen LogP contribution is -2.41. The van der Waals surface area contributed by atoms with Crippen LogP contribution in [-0.2, 0) is 24.3 Å². The summed E-state index contributed by atoms with van der Waals surface area (Å²) in [7, 11) is -3.55. The van der Waals surface area contributed by atoms with Gasteiger partial charge in [-0.25, -0.2) is 8.42 Å². The minimum absolute atomic E-state index is 0.191. The van der Waals surface area contributed by atoms with Gasteiger partial charge in [0.05, 0.1) is 28.9 Å². The molecular formula is C20H26N2O6S. The zero-order valence-electron chi connectivity index (χ0n) is 16.3. The number of carboxylic acid groups (broad SMARTS) is 1. The van der Waals surface area contributed by atoms with Crippen LogP contribution in [0.25, 0.3) is 0 Å². The number of hydrogen-bond acceptors (Lipinski definition) is 5. The van der Waals surface area contributed by atoms with Crippen molar-refractivity contribution in [1.29, 1.82) is 0 Å². The second-order valence-corrected chi connectivity index (χ2v) is 10.2. The van der Waals surface area contributed by atoms with Gasteiger partial charge >= 0.3 is 5.97 Å². The molecule has 0 saturated carbocycles. The summed E-state index contributed by atoms with van der Waals surface area (Å²) in [5.74, 6) is -2.46. The second-order valence-electron chi connectivity index (χ2n) is 8.28. The van der Waals surface area contributed by atoms with E-state index in [1.54, 1.807) is 12.1 Å². The first-order valence-corrected chi connectivity index (χ1v) is 11.5. The number of carboxylic acids is 1. The molecule has 0 radical (unpaired) electrons. The van der Waals surface area contributed by atoms with Crippen LogP contribution in [0.2, 0.25) is 0 Å². The molecule has 1 aromatic carbocycles. The molecule has 9 heteroatoms. The van der Waals surface area contributed by atoms with E-state index in [1.165, 1.54) is 16.4 Å². The van der Waals surface area contributed by atoms with Crippen LogP contribution in [0.1, 0.15) is 32.6 Å². The Morgan fingerprint density at radius 3 is 2.21 bits per heavy atom. The lowest BCUT2D eigenvalue weighted by molar-refractivity contribution is -0.147. The Balaban J connectivity index is 1.44. The maximum atomic E-state index is 12.8. The molecule has 3 fully saturated rings. The maximum absolute atomic E-state index is 12.8. The van der Waals surface area contributed by atoms with Crippen molar-refractivity contribution >= 4 is 27.6 Å². The number of aliphatic carboxylic acids is 1. The zero-order chi connectivity index (χ0) is 20.8. The summed E-state index contributed by atoms with van der Waals surface area (Å²) >= 11 is 0. The van der Waals surface area contributed by atoms with Crippen LogP contribution in [-0.4, -0.2) is 55.0 Å². The average Bonchev–Trinajstić information content (AvgIpc) is 3.30. The molecule has 158 valence electrons. The van der Waals surface area contributed by atoms with Gasteiger partial charge in [0.15, 0.2) is 0 Å². The SMILES string of the molecule is CC1CCN(S(=O)(=O)c2ccc(NC(=O)[C@H]3[C@@H](C(=O)O)[C@H]4CC[C@H]3O4)cc2)CC1. The van der Waals surface area contributed by atoms with Crippen molar-refractivity contribution in [2.45, 2.75) is 49.7 Å². The number of piperidine rings is 1. The van der Waals surface area contributed by atoms with E-state index in [1.807, 2.05) is 0 Å². The number of carbonyl (C=O) groups is 2. The number of ether oxygens (including phenoxy) is 1. The first kappa shape index (κ1) is 20.3. The van der Waals surface area contributed by atoms with Crippen molar-refractivity contribution in [3.05, 3.63) is 24.3 Å². The highest BCUT2D eigenvalue weighted by molar-refractivity contribution is 7.89. The molecule has 8 nitrogen and oxygen atoms in total. The molecule has 0 unspecified atom stereocenters. The zero-order valence-corrected chi connectivity index (χ0v) is 17.1. The smallest absolute Gasteiger partial charge is 0.310 e. The van der Waals surface area contributed by atoms with Crippen molar-refractivity contribution in [2.75, 3.05) is 18.4 Å². The Bertz CT molecular complexity index is 892. The standard InChI is InChI=1S/C20H26N2O6S/c1-12-8-10-22(11-9-12)29(26,27)14-4-2-13(3-5-14)21-19(23)17-15-6-7-16(28-15)18(17)20(24)25/h2-5,12,15-18H,6-11H2,1H3,(H,21,23)(H,24,25)/t15-,16-,17-,18+/m1/s1. The number of nitrogens with zero attached hydrogens (tertiary/aromatic N) is 1. The molecule has 2 bridgehead atoms. The van der Waals surface area contributed by atoms with Crippen LogP contribution in [0.5, 0.6) is 0 Å². The predicted molar refractivity (Wildman–Crippen MR) is 105 cm³/mol. The van der Waals surface area contributed by atoms with E-state index < -0.39 is 39.8 Å². The fourth-order valence-electron chi connectivity index (χ4n) is 4.63. The quantitative estimate of drug-likeness (QED) is 0.750. The normalized spacial score (nSPS) is 30.4. The van der Waals surface area contributed by atoms with Crippen LogP contribution in [0.3, 0.4) is 0 Å². The number of sulfonamides is 1. The van der Waals surface area contributed by atoms with Gasteiger partial charge in [-0.05, 0) is 55.9 Å². The summed E-state index contributed by atoms with van der Waals surface area (Å²) in [5.41, 5.74) is 0.438. The van der Waals surface area contributed by atoms with Crippen molar-refractivity contribution in [3.8, 4) is 0 Å². The second kappa shape index (κ2) is 7.70. The highest BCUT2D eigenvalue weighted by atomic mass is 32.2. The number of amides is 1. The lowest BCUT2D eigenvalue weighted by Gasteiger charge is -2.29. The molecule has 1 aromatic rings. The van der Waals surface area contributed by atoms with E-state index >= 15 is 0 Å². The molecule has 4 atom stereocenters. The van der Waals surface area contributed by atoms with Gasteiger partial charge in [-0.15, -0.1) is 0 Å². The van der Waals surface area contributed by atoms with Gasteiger partial charge in [-0.2, -0.15) is 4.31 Å². The molecule has 3 aliphatic heterocycles. The maximum Gasteiger partial charge on any atom is 0.310 e. The highest BCUT2D eigenvalue weighted by Crippen LogP contribution is 2.44. The molecule has 4 rings (SSSR count). The van der Waals surface area contributed by atoms with E-state index in [0.717, 1.165) is 12.8 Å². The van der Waals surface area contributed by atoms with Crippen LogP contribution in [0.4, 0.5) is 5.69 Å². The molecule has 3 heterocycles. The Labute approximate surface area is 170 Å². The Hall–Kier alpha value is -1.97. The number of anilines is 1. The van der Waals surface area contributed by atoms with Gasteiger partial charge in [-0.1, -0.05) is 6.92 Å². The van der Waals surface area contributed by atoms with Crippen molar-refractivity contribution in [3.63, 3.8) is 0 Å². The Morgan fingerprint density at radius 2 is 1.62 bits per heavy atom. The first-order chi connectivity index (χ1) is 13.8. The summed E-state index contributed by atoms with van der Waals surface area (Å²) in [5, 5.41) is 12.2. The summed E-state index contributed by atoms with van der Waals surface area (Å²) in [6, 6.07) is 6.05. The third kappa shape index (κ3) is 3.78. The van der Waals surface area contributed by atoms with E-state index in [2.05, 4.69) is 12.2 Å². The topological polar surface area (TPSA) is 113 Å². The molecule has 1 amide bonds. The Morgan fingerprint density at radius 1 is 1.03 bits per heavy atom. The molecule has 29 heavy (non-hydrogen) atoms. The molecular weight excluding hydrogens is 396 g/mol. The van der Waals surface area contributed by atoms with Crippen LogP contribution in [0, 0.1) is 17.8 Å². The van der Waals surface area contributed by atoms with Gasteiger partial charge in [0, 0.05) is 18.8 Å². The number of rotatable bonds is 5. The number of fused-ring (bicyclic) bond motifs is 2. The highest BCUT2D eigenvalue weighted by Gasteiger charge is 2.55. The van der Waals surface area contributed by atoms with E-state index in [0.29, 0.717) is 37.5 Å². The van der Waals surface area contributed by atoms with Crippen LogP contribution in [0.15, 0.2) is 29.2 Å². The van der Waals surface area contributed by atoms with Crippen LogP contribution < -0.4 is 5.32 Å². The fraction of sp³-hybridized carbons (Fsp3) is 0.600. The van der Waals surface area contributed by atoms with E-state index in [4.69, 9.17) is 4.74 Å². The molecule has 3 aliphatic rings. The monoisotopic (exact) mass is 422 g/mol. The molecule has 0 aromatic heterocycles. The summed E-state index contributed by atoms with van der Waals surface area (Å²) in [6.45, 7) is 3.16. The lowest BCUT2D eigenvalue weighted by atomic mass is 9.78. The third-order valence-corrected chi connectivity index (χ3v) is 8.28. The Kier molecular flexibility index (Phi) is 5.39. The minimum atomic E-state index is -3.55. The van der Waals surface area contributed by atoms with Crippen molar-refractivity contribution < 1.29 is 27.9 Å². The van der Waals surface area contributed by atoms with Crippen LogP contribution >= 0.6 is 0 Å². The summed E-state index contributed by atoms with van der Waals surface area (Å²) < 4.78 is 32.7. The third-order valence-electron chi connectivity index (χ3n) is 6.36. The summed E-state index contributed by atoms with van der Waals surface area (Å²) in [6.07, 6.45) is 2.26. The van der Waals surface area contributed by atoms with Gasteiger partial charge in [-0.3, -0.25) is 9.59 Å². The van der Waals surface area contributed by atoms with Gasteiger partial charge in [0.2, 0.25) is 15.9 Å². The fourth-order valence-corrected chi connectivity index (χ4v) is 6.10. The number of hydrogen-bond donors (Lipinski definition) is 2. The minimum Gasteiger partial charge on any atom is -0.481 e.